The summed E-state index contributed by atoms with van der Waals surface area (Å²) in [5.74, 6) is 0. The van der Waals surface area contributed by atoms with E-state index in [4.69, 9.17) is 11.6 Å². The smallest absolute Gasteiger partial charge is 0.0640 e. The lowest BCUT2D eigenvalue weighted by Crippen LogP contribution is -2.41. The number of hydrogen-bond donors (Lipinski definition) is 2. The van der Waals surface area contributed by atoms with Crippen LogP contribution < -0.4 is 10.6 Å². The Kier molecular flexibility index (Phi) is 3.13. The Labute approximate surface area is 102 Å². The van der Waals surface area contributed by atoms with Crippen LogP contribution in [-0.4, -0.2) is 12.1 Å². The molecule has 2 nitrogen and oxygen atoms in total. The van der Waals surface area contributed by atoms with Gasteiger partial charge in [0.25, 0.3) is 0 Å². The number of hydrogen-bond acceptors (Lipinski definition) is 2. The second-order valence-corrected chi connectivity index (χ2v) is 5.77. The van der Waals surface area contributed by atoms with Crippen molar-refractivity contribution in [1.82, 2.24) is 5.32 Å². The summed E-state index contributed by atoms with van der Waals surface area (Å²) in [7, 11) is 0. The number of halogens is 1. The zero-order chi connectivity index (χ0) is 11.8. The fourth-order valence-corrected chi connectivity index (χ4v) is 2.44. The Morgan fingerprint density at radius 3 is 2.81 bits per heavy atom. The fourth-order valence-electron chi connectivity index (χ4n) is 2.19. The molecular weight excluding hydrogens is 220 g/mol. The van der Waals surface area contributed by atoms with Crippen LogP contribution in [0.2, 0.25) is 5.02 Å². The van der Waals surface area contributed by atoms with Crippen molar-refractivity contribution in [2.45, 2.75) is 38.8 Å². The normalized spacial score (nSPS) is 20.1. The van der Waals surface area contributed by atoms with Gasteiger partial charge in [0.2, 0.25) is 0 Å². The number of anilines is 1. The highest BCUT2D eigenvalue weighted by Gasteiger charge is 2.24. The Bertz CT molecular complexity index is 382. The first-order chi connectivity index (χ1) is 7.47. The molecule has 1 aliphatic rings. The quantitative estimate of drug-likeness (QED) is 0.782. The molecule has 0 radical (unpaired) electrons. The van der Waals surface area contributed by atoms with Gasteiger partial charge in [-0.2, -0.15) is 0 Å². The molecule has 0 amide bonds. The topological polar surface area (TPSA) is 24.1 Å². The van der Waals surface area contributed by atoms with Crippen molar-refractivity contribution in [3.63, 3.8) is 0 Å². The maximum Gasteiger partial charge on any atom is 0.0640 e. The van der Waals surface area contributed by atoms with Crippen LogP contribution in [-0.2, 0) is 0 Å². The molecule has 1 aromatic rings. The lowest BCUT2D eigenvalue weighted by atomic mass is 9.95. The molecule has 0 spiro atoms. The van der Waals surface area contributed by atoms with Crippen LogP contribution in [0, 0.1) is 0 Å². The van der Waals surface area contributed by atoms with E-state index in [1.165, 1.54) is 5.56 Å². The summed E-state index contributed by atoms with van der Waals surface area (Å²) in [6.45, 7) is 7.56. The number of fused-ring (bicyclic) bond motifs is 1. The predicted octanol–water partition coefficient (Wildman–Crippen LogP) is 3.58. The maximum atomic E-state index is 6.19. The van der Waals surface area contributed by atoms with Gasteiger partial charge >= 0.3 is 0 Å². The Morgan fingerprint density at radius 1 is 1.38 bits per heavy atom. The number of rotatable bonds is 1. The Balaban J connectivity index is 2.30. The molecule has 1 unspecified atom stereocenters. The number of benzene rings is 1. The zero-order valence-electron chi connectivity index (χ0n) is 10.1. The molecule has 0 fully saturated rings. The fraction of sp³-hybridized carbons (Fsp3) is 0.538. The number of nitrogens with one attached hydrogen (secondary N) is 2. The minimum absolute atomic E-state index is 0.127. The van der Waals surface area contributed by atoms with Gasteiger partial charge in [-0.25, -0.2) is 0 Å². The first-order valence-electron chi connectivity index (χ1n) is 5.77. The van der Waals surface area contributed by atoms with Crippen LogP contribution >= 0.6 is 11.6 Å². The molecule has 1 atom stereocenters. The first kappa shape index (κ1) is 11.7. The van der Waals surface area contributed by atoms with Crippen LogP contribution in [0.15, 0.2) is 18.2 Å². The molecule has 16 heavy (non-hydrogen) atoms. The average molecular weight is 239 g/mol. The van der Waals surface area contributed by atoms with Crippen LogP contribution in [0.25, 0.3) is 0 Å². The average Bonchev–Trinajstić information content (AvgIpc) is 2.17. The van der Waals surface area contributed by atoms with Crippen LogP contribution in [0.1, 0.15) is 38.8 Å². The zero-order valence-corrected chi connectivity index (χ0v) is 10.9. The van der Waals surface area contributed by atoms with Gasteiger partial charge in [-0.3, -0.25) is 0 Å². The highest BCUT2D eigenvalue weighted by Crippen LogP contribution is 2.35. The van der Waals surface area contributed by atoms with E-state index < -0.39 is 0 Å². The van der Waals surface area contributed by atoms with Crippen molar-refractivity contribution in [1.29, 1.82) is 0 Å². The van der Waals surface area contributed by atoms with E-state index in [-0.39, 0.29) is 5.54 Å². The third kappa shape index (κ3) is 2.50. The molecule has 3 heteroatoms. The van der Waals surface area contributed by atoms with Crippen molar-refractivity contribution in [3.05, 3.63) is 28.8 Å². The molecule has 1 heterocycles. The molecule has 1 aliphatic heterocycles. The van der Waals surface area contributed by atoms with Crippen LogP contribution in [0.5, 0.6) is 0 Å². The summed E-state index contributed by atoms with van der Waals surface area (Å²) in [6, 6.07) is 6.50. The van der Waals surface area contributed by atoms with E-state index in [1.807, 2.05) is 12.1 Å². The molecule has 88 valence electrons. The van der Waals surface area contributed by atoms with Gasteiger partial charge in [0.1, 0.15) is 0 Å². The standard InChI is InChI=1S/C13H19ClN2/c1-13(2,3)16-11-7-8-15-12-9(11)5-4-6-10(12)14/h4-6,11,15-16H,7-8H2,1-3H3. The van der Waals surface area contributed by atoms with Crippen molar-refractivity contribution < 1.29 is 0 Å². The van der Waals surface area contributed by atoms with Crippen molar-refractivity contribution in [3.8, 4) is 0 Å². The van der Waals surface area contributed by atoms with E-state index in [0.717, 1.165) is 23.7 Å². The largest absolute Gasteiger partial charge is 0.383 e. The second-order valence-electron chi connectivity index (χ2n) is 5.37. The van der Waals surface area contributed by atoms with Gasteiger partial charge in [0.05, 0.1) is 10.7 Å². The summed E-state index contributed by atoms with van der Waals surface area (Å²) < 4.78 is 0. The molecular formula is C13H19ClN2. The lowest BCUT2D eigenvalue weighted by Gasteiger charge is -2.33. The lowest BCUT2D eigenvalue weighted by molar-refractivity contribution is 0.351. The van der Waals surface area contributed by atoms with Gasteiger partial charge < -0.3 is 10.6 Å². The third-order valence-corrected chi connectivity index (χ3v) is 3.08. The third-order valence-electron chi connectivity index (χ3n) is 2.76. The van der Waals surface area contributed by atoms with Crippen LogP contribution in [0.4, 0.5) is 5.69 Å². The van der Waals surface area contributed by atoms with E-state index in [2.05, 4.69) is 37.5 Å². The highest BCUT2D eigenvalue weighted by atomic mass is 35.5. The van der Waals surface area contributed by atoms with Gasteiger partial charge in [0, 0.05) is 18.1 Å². The molecule has 2 N–H and O–H groups in total. The first-order valence-corrected chi connectivity index (χ1v) is 6.15. The van der Waals surface area contributed by atoms with E-state index in [9.17, 15) is 0 Å². The van der Waals surface area contributed by atoms with Crippen molar-refractivity contribution >= 4 is 17.3 Å². The minimum atomic E-state index is 0.127. The van der Waals surface area contributed by atoms with Gasteiger partial charge in [-0.15, -0.1) is 0 Å². The highest BCUT2D eigenvalue weighted by molar-refractivity contribution is 6.33. The molecule has 0 bridgehead atoms. The second kappa shape index (κ2) is 4.27. The summed E-state index contributed by atoms with van der Waals surface area (Å²) in [4.78, 5) is 0. The SMILES string of the molecule is CC(C)(C)NC1CCNc2c(Cl)cccc21. The molecule has 0 saturated heterocycles. The monoisotopic (exact) mass is 238 g/mol. The molecule has 2 rings (SSSR count). The van der Waals surface area contributed by atoms with E-state index in [1.54, 1.807) is 0 Å². The molecule has 0 saturated carbocycles. The van der Waals surface area contributed by atoms with Crippen molar-refractivity contribution in [2.24, 2.45) is 0 Å². The summed E-state index contributed by atoms with van der Waals surface area (Å²) in [5, 5.41) is 7.84. The Hall–Kier alpha value is -0.730. The van der Waals surface area contributed by atoms with Gasteiger partial charge in [0.15, 0.2) is 0 Å². The Morgan fingerprint density at radius 2 is 2.12 bits per heavy atom. The summed E-state index contributed by atoms with van der Waals surface area (Å²) in [5.41, 5.74) is 2.51. The molecule has 0 aromatic heterocycles. The van der Waals surface area contributed by atoms with Gasteiger partial charge in [-0.1, -0.05) is 23.7 Å². The van der Waals surface area contributed by atoms with E-state index in [0.29, 0.717) is 6.04 Å². The van der Waals surface area contributed by atoms with Crippen molar-refractivity contribution in [2.75, 3.05) is 11.9 Å². The molecule has 1 aromatic carbocycles. The van der Waals surface area contributed by atoms with Gasteiger partial charge in [-0.05, 0) is 38.8 Å². The summed E-state index contributed by atoms with van der Waals surface area (Å²) >= 11 is 6.19. The number of para-hydroxylation sites is 1. The van der Waals surface area contributed by atoms with Crippen LogP contribution in [0.3, 0.4) is 0 Å². The molecule has 0 aliphatic carbocycles. The van der Waals surface area contributed by atoms with E-state index >= 15 is 0 Å². The minimum Gasteiger partial charge on any atom is -0.383 e. The summed E-state index contributed by atoms with van der Waals surface area (Å²) in [6.07, 6.45) is 1.10. The predicted molar refractivity (Wildman–Crippen MR) is 70.2 cm³/mol. The maximum absolute atomic E-state index is 6.19.